The molecular weight excluding hydrogens is 210 g/mol. The van der Waals surface area contributed by atoms with Crippen LogP contribution in [0.5, 0.6) is 0 Å². The van der Waals surface area contributed by atoms with Crippen molar-refractivity contribution >= 4 is 28.9 Å². The number of hydrogen-bond acceptors (Lipinski definition) is 3. The molecule has 0 amide bonds. The standard InChI is InChI=1S/C11H13NO2S/c1-7-9(11(13)14-3)5-4-6-10(7)12-8(2)15/h4-6H,1-3H3,(H,12,15). The van der Waals surface area contributed by atoms with E-state index in [4.69, 9.17) is 12.2 Å². The number of carbonyl (C=O) groups is 1. The second-order valence-corrected chi connectivity index (χ2v) is 3.76. The second kappa shape index (κ2) is 4.89. The molecule has 15 heavy (non-hydrogen) atoms. The van der Waals surface area contributed by atoms with Gasteiger partial charge in [0.1, 0.15) is 0 Å². The van der Waals surface area contributed by atoms with E-state index < -0.39 is 0 Å². The quantitative estimate of drug-likeness (QED) is 0.617. The summed E-state index contributed by atoms with van der Waals surface area (Å²) in [6.45, 7) is 3.65. The topological polar surface area (TPSA) is 38.3 Å². The second-order valence-electron chi connectivity index (χ2n) is 3.15. The van der Waals surface area contributed by atoms with Crippen molar-refractivity contribution in [1.29, 1.82) is 0 Å². The van der Waals surface area contributed by atoms with E-state index in [2.05, 4.69) is 10.1 Å². The molecule has 0 bridgehead atoms. The van der Waals surface area contributed by atoms with Crippen molar-refractivity contribution in [2.75, 3.05) is 12.4 Å². The summed E-state index contributed by atoms with van der Waals surface area (Å²) >= 11 is 4.95. The minimum atomic E-state index is -0.335. The SMILES string of the molecule is COC(=O)c1cccc(NC(C)=S)c1C. The molecular formula is C11H13NO2S. The molecule has 0 aliphatic heterocycles. The van der Waals surface area contributed by atoms with E-state index in [0.717, 1.165) is 11.3 Å². The lowest BCUT2D eigenvalue weighted by Gasteiger charge is -2.10. The van der Waals surface area contributed by atoms with Crippen LogP contribution in [-0.4, -0.2) is 18.1 Å². The van der Waals surface area contributed by atoms with Crippen molar-refractivity contribution in [3.8, 4) is 0 Å². The van der Waals surface area contributed by atoms with Crippen molar-refractivity contribution in [2.24, 2.45) is 0 Å². The Bertz CT molecular complexity index is 402. The summed E-state index contributed by atoms with van der Waals surface area (Å²) in [6.07, 6.45) is 0. The molecule has 1 aromatic carbocycles. The molecule has 1 rings (SSSR count). The fourth-order valence-electron chi connectivity index (χ4n) is 1.29. The van der Waals surface area contributed by atoms with E-state index >= 15 is 0 Å². The van der Waals surface area contributed by atoms with Crippen molar-refractivity contribution in [3.05, 3.63) is 29.3 Å². The number of benzene rings is 1. The first-order valence-electron chi connectivity index (χ1n) is 4.51. The summed E-state index contributed by atoms with van der Waals surface area (Å²) in [4.78, 5) is 12.1. The first kappa shape index (κ1) is 11.7. The molecule has 4 heteroatoms. The van der Waals surface area contributed by atoms with Gasteiger partial charge in [-0.2, -0.15) is 0 Å². The van der Waals surface area contributed by atoms with Gasteiger partial charge in [0, 0.05) is 5.69 Å². The Hall–Kier alpha value is -1.42. The summed E-state index contributed by atoms with van der Waals surface area (Å²) in [5.41, 5.74) is 2.23. The molecule has 3 nitrogen and oxygen atoms in total. The van der Waals surface area contributed by atoms with Gasteiger partial charge in [-0.05, 0) is 31.5 Å². The molecule has 1 aromatic rings. The van der Waals surface area contributed by atoms with Crippen LogP contribution in [0.25, 0.3) is 0 Å². The predicted molar refractivity (Wildman–Crippen MR) is 64.4 cm³/mol. The molecule has 0 aliphatic carbocycles. The van der Waals surface area contributed by atoms with Crippen LogP contribution in [0.15, 0.2) is 18.2 Å². The Morgan fingerprint density at radius 1 is 1.47 bits per heavy atom. The smallest absolute Gasteiger partial charge is 0.338 e. The number of esters is 1. The zero-order valence-corrected chi connectivity index (χ0v) is 9.77. The third-order valence-electron chi connectivity index (χ3n) is 2.05. The number of methoxy groups -OCH3 is 1. The third-order valence-corrected chi connectivity index (χ3v) is 2.15. The first-order chi connectivity index (χ1) is 7.06. The van der Waals surface area contributed by atoms with E-state index in [1.165, 1.54) is 7.11 Å². The Balaban J connectivity index is 3.11. The van der Waals surface area contributed by atoms with Crippen LogP contribution in [0.4, 0.5) is 5.69 Å². The number of rotatable bonds is 2. The largest absolute Gasteiger partial charge is 0.465 e. The molecule has 0 radical (unpaired) electrons. The van der Waals surface area contributed by atoms with E-state index in [1.54, 1.807) is 19.1 Å². The molecule has 1 N–H and O–H groups in total. The average Bonchev–Trinajstić information content (AvgIpc) is 2.19. The molecule has 0 heterocycles. The molecule has 0 saturated carbocycles. The highest BCUT2D eigenvalue weighted by Crippen LogP contribution is 2.19. The monoisotopic (exact) mass is 223 g/mol. The number of thiocarbonyl (C=S) groups is 1. The summed E-state index contributed by atoms with van der Waals surface area (Å²) in [7, 11) is 1.37. The highest BCUT2D eigenvalue weighted by molar-refractivity contribution is 7.80. The van der Waals surface area contributed by atoms with Crippen LogP contribution in [0, 0.1) is 6.92 Å². The fourth-order valence-corrected chi connectivity index (χ4v) is 1.40. The summed E-state index contributed by atoms with van der Waals surface area (Å²) in [5, 5.41) is 3.02. The lowest BCUT2D eigenvalue weighted by molar-refractivity contribution is 0.0600. The lowest BCUT2D eigenvalue weighted by Crippen LogP contribution is -2.09. The van der Waals surface area contributed by atoms with Gasteiger partial charge in [-0.1, -0.05) is 18.3 Å². The van der Waals surface area contributed by atoms with Gasteiger partial charge < -0.3 is 10.1 Å². The van der Waals surface area contributed by atoms with Crippen molar-refractivity contribution in [3.63, 3.8) is 0 Å². The molecule has 0 aliphatic rings. The van der Waals surface area contributed by atoms with Gasteiger partial charge in [-0.25, -0.2) is 4.79 Å². The maximum absolute atomic E-state index is 11.4. The molecule has 0 unspecified atom stereocenters. The minimum Gasteiger partial charge on any atom is -0.465 e. The third kappa shape index (κ3) is 2.76. The van der Waals surface area contributed by atoms with Gasteiger partial charge >= 0.3 is 5.97 Å². The number of nitrogens with one attached hydrogen (secondary N) is 1. The number of ether oxygens (including phenoxy) is 1. The first-order valence-corrected chi connectivity index (χ1v) is 4.92. The maximum atomic E-state index is 11.4. The van der Waals surface area contributed by atoms with E-state index in [9.17, 15) is 4.79 Å². The molecule has 0 aromatic heterocycles. The van der Waals surface area contributed by atoms with Gasteiger partial charge in [0.15, 0.2) is 0 Å². The minimum absolute atomic E-state index is 0.335. The van der Waals surface area contributed by atoms with Crippen molar-refractivity contribution in [2.45, 2.75) is 13.8 Å². The highest BCUT2D eigenvalue weighted by atomic mass is 32.1. The van der Waals surface area contributed by atoms with E-state index in [1.807, 2.05) is 13.0 Å². The van der Waals surface area contributed by atoms with Gasteiger partial charge in [0.25, 0.3) is 0 Å². The van der Waals surface area contributed by atoms with Crippen LogP contribution in [0.2, 0.25) is 0 Å². The predicted octanol–water partition coefficient (Wildman–Crippen LogP) is 2.54. The number of carbonyl (C=O) groups excluding carboxylic acids is 1. The molecule has 0 fully saturated rings. The molecule has 0 atom stereocenters. The number of anilines is 1. The molecule has 0 saturated heterocycles. The van der Waals surface area contributed by atoms with Crippen molar-refractivity contribution < 1.29 is 9.53 Å². The van der Waals surface area contributed by atoms with E-state index in [0.29, 0.717) is 10.6 Å². The summed E-state index contributed by atoms with van der Waals surface area (Å²) in [5.74, 6) is -0.335. The highest BCUT2D eigenvalue weighted by Gasteiger charge is 2.11. The molecule has 0 spiro atoms. The van der Waals surface area contributed by atoms with Crippen LogP contribution in [-0.2, 0) is 4.74 Å². The zero-order chi connectivity index (χ0) is 11.4. The Morgan fingerprint density at radius 3 is 2.67 bits per heavy atom. The van der Waals surface area contributed by atoms with Gasteiger partial charge in [0.05, 0.1) is 17.7 Å². The summed E-state index contributed by atoms with van der Waals surface area (Å²) in [6, 6.07) is 5.39. The van der Waals surface area contributed by atoms with Crippen LogP contribution < -0.4 is 5.32 Å². The fraction of sp³-hybridized carbons (Fsp3) is 0.273. The van der Waals surface area contributed by atoms with Crippen LogP contribution in [0.3, 0.4) is 0 Å². The maximum Gasteiger partial charge on any atom is 0.338 e. The normalized spacial score (nSPS) is 9.53. The van der Waals surface area contributed by atoms with Crippen LogP contribution >= 0.6 is 12.2 Å². The Labute approximate surface area is 94.4 Å². The van der Waals surface area contributed by atoms with Gasteiger partial charge in [-0.3, -0.25) is 0 Å². The number of hydrogen-bond donors (Lipinski definition) is 1. The average molecular weight is 223 g/mol. The lowest BCUT2D eigenvalue weighted by atomic mass is 10.1. The molecule has 80 valence electrons. The Kier molecular flexibility index (Phi) is 3.80. The van der Waals surface area contributed by atoms with Crippen LogP contribution in [0.1, 0.15) is 22.8 Å². The Morgan fingerprint density at radius 2 is 2.13 bits per heavy atom. The van der Waals surface area contributed by atoms with E-state index in [-0.39, 0.29) is 5.97 Å². The zero-order valence-electron chi connectivity index (χ0n) is 8.96. The van der Waals surface area contributed by atoms with Gasteiger partial charge in [-0.15, -0.1) is 0 Å². The van der Waals surface area contributed by atoms with Crippen molar-refractivity contribution in [1.82, 2.24) is 0 Å². The summed E-state index contributed by atoms with van der Waals surface area (Å²) < 4.78 is 4.68. The van der Waals surface area contributed by atoms with Gasteiger partial charge in [0.2, 0.25) is 0 Å².